The van der Waals surface area contributed by atoms with E-state index in [4.69, 9.17) is 4.42 Å². The quantitative estimate of drug-likeness (QED) is 0.726. The second-order valence-electron chi connectivity index (χ2n) is 6.23. The van der Waals surface area contributed by atoms with E-state index in [1.165, 1.54) is 0 Å². The molecule has 1 aliphatic rings. The first kappa shape index (κ1) is 18.4. The molecule has 1 aromatic heterocycles. The minimum Gasteiger partial charge on any atom is -0.468 e. The molecule has 0 saturated carbocycles. The van der Waals surface area contributed by atoms with Gasteiger partial charge in [0.1, 0.15) is 5.76 Å². The minimum atomic E-state index is -0.280. The first-order chi connectivity index (χ1) is 12.6. The first-order valence-electron chi connectivity index (χ1n) is 8.74. The molecule has 6 nitrogen and oxygen atoms in total. The van der Waals surface area contributed by atoms with E-state index >= 15 is 0 Å². The molecular formula is C19H23N3O3S. The van der Waals surface area contributed by atoms with Gasteiger partial charge in [0, 0.05) is 30.1 Å². The highest BCUT2D eigenvalue weighted by Crippen LogP contribution is 2.24. The Labute approximate surface area is 157 Å². The number of rotatable bonds is 7. The highest BCUT2D eigenvalue weighted by molar-refractivity contribution is 7.98. The van der Waals surface area contributed by atoms with Gasteiger partial charge in [-0.25, -0.2) is 4.79 Å². The van der Waals surface area contributed by atoms with E-state index in [0.29, 0.717) is 13.0 Å². The van der Waals surface area contributed by atoms with Crippen molar-refractivity contribution < 1.29 is 14.0 Å². The van der Waals surface area contributed by atoms with Gasteiger partial charge in [0.05, 0.1) is 18.1 Å². The molecular weight excluding hydrogens is 350 g/mol. The van der Waals surface area contributed by atoms with E-state index in [9.17, 15) is 9.59 Å². The molecule has 1 atom stereocenters. The van der Waals surface area contributed by atoms with Gasteiger partial charge in [0.2, 0.25) is 5.91 Å². The number of benzene rings is 1. The number of furan rings is 1. The van der Waals surface area contributed by atoms with Gasteiger partial charge in [-0.3, -0.25) is 4.79 Å². The Kier molecular flexibility index (Phi) is 6.22. The summed E-state index contributed by atoms with van der Waals surface area (Å²) >= 11 is 1.67. The van der Waals surface area contributed by atoms with Crippen LogP contribution in [0.5, 0.6) is 0 Å². The van der Waals surface area contributed by atoms with E-state index in [1.54, 1.807) is 22.9 Å². The molecule has 2 heterocycles. The number of likely N-dealkylation sites (tertiary alicyclic amines) is 1. The van der Waals surface area contributed by atoms with Crippen LogP contribution < -0.4 is 10.6 Å². The fraction of sp³-hybridized carbons (Fsp3) is 0.368. The molecule has 138 valence electrons. The third-order valence-corrected chi connectivity index (χ3v) is 5.15. The Bertz CT molecular complexity index is 731. The average Bonchev–Trinajstić information content (AvgIpc) is 3.25. The Morgan fingerprint density at radius 3 is 2.81 bits per heavy atom. The number of amides is 3. The molecule has 1 aromatic carbocycles. The van der Waals surface area contributed by atoms with Crippen molar-refractivity contribution in [2.45, 2.75) is 36.5 Å². The summed E-state index contributed by atoms with van der Waals surface area (Å²) in [6.07, 6.45) is 2.96. The molecule has 26 heavy (non-hydrogen) atoms. The molecule has 0 spiro atoms. The van der Waals surface area contributed by atoms with Crippen molar-refractivity contribution in [3.05, 3.63) is 48.4 Å². The zero-order chi connectivity index (χ0) is 18.4. The molecule has 0 radical (unpaired) electrons. The van der Waals surface area contributed by atoms with Crippen LogP contribution in [0.4, 0.5) is 10.5 Å². The Morgan fingerprint density at radius 1 is 1.31 bits per heavy atom. The summed E-state index contributed by atoms with van der Waals surface area (Å²) < 4.78 is 5.31. The summed E-state index contributed by atoms with van der Waals surface area (Å²) in [5.41, 5.74) is 0.722. The predicted molar refractivity (Wildman–Crippen MR) is 102 cm³/mol. The van der Waals surface area contributed by atoms with Crippen LogP contribution in [0.1, 0.15) is 25.5 Å². The number of hydrogen-bond acceptors (Lipinski definition) is 4. The fourth-order valence-corrected chi connectivity index (χ4v) is 3.69. The van der Waals surface area contributed by atoms with Crippen LogP contribution in [0.25, 0.3) is 0 Å². The summed E-state index contributed by atoms with van der Waals surface area (Å²) in [6.45, 7) is 3.37. The number of thioether (sulfide) groups is 1. The molecule has 2 N–H and O–H groups in total. The van der Waals surface area contributed by atoms with Crippen LogP contribution in [-0.4, -0.2) is 36.0 Å². The maximum Gasteiger partial charge on any atom is 0.319 e. The van der Waals surface area contributed by atoms with Crippen LogP contribution in [-0.2, 0) is 10.5 Å². The van der Waals surface area contributed by atoms with Crippen molar-refractivity contribution in [1.82, 2.24) is 10.2 Å². The Morgan fingerprint density at radius 2 is 2.12 bits per heavy atom. The number of hydrogen-bond donors (Lipinski definition) is 2. The summed E-state index contributed by atoms with van der Waals surface area (Å²) in [5, 5.41) is 5.69. The zero-order valence-electron chi connectivity index (χ0n) is 14.7. The standard InChI is InChI=1S/C19H23N3O3S/c1-2-9-22-12-15(11-18(22)23)21-19(24)20-14-5-7-17(8-6-14)26-13-16-4-3-10-25-16/h3-8,10,15H,2,9,11-13H2,1H3,(H2,20,21,24)/t15-/m0/s1. The van der Waals surface area contributed by atoms with Gasteiger partial charge in [-0.15, -0.1) is 11.8 Å². The number of carbonyl (C=O) groups is 2. The van der Waals surface area contributed by atoms with Crippen molar-refractivity contribution >= 4 is 29.4 Å². The van der Waals surface area contributed by atoms with Crippen molar-refractivity contribution in [3.63, 3.8) is 0 Å². The van der Waals surface area contributed by atoms with Gasteiger partial charge in [-0.2, -0.15) is 0 Å². The lowest BCUT2D eigenvalue weighted by Gasteiger charge is -2.16. The van der Waals surface area contributed by atoms with Crippen LogP contribution >= 0.6 is 11.8 Å². The second-order valence-corrected chi connectivity index (χ2v) is 7.28. The maximum absolute atomic E-state index is 12.1. The predicted octanol–water partition coefficient (Wildman–Crippen LogP) is 3.70. The fourth-order valence-electron chi connectivity index (χ4n) is 2.89. The van der Waals surface area contributed by atoms with Crippen molar-refractivity contribution in [3.8, 4) is 0 Å². The molecule has 2 aromatic rings. The number of nitrogens with zero attached hydrogens (tertiary/aromatic N) is 1. The largest absolute Gasteiger partial charge is 0.468 e. The van der Waals surface area contributed by atoms with Crippen molar-refractivity contribution in [2.24, 2.45) is 0 Å². The normalized spacial score (nSPS) is 16.7. The maximum atomic E-state index is 12.1. The number of carbonyl (C=O) groups excluding carboxylic acids is 2. The Hall–Kier alpha value is -2.41. The SMILES string of the molecule is CCCN1C[C@@H](NC(=O)Nc2ccc(SCc3ccco3)cc2)CC1=O. The third kappa shape index (κ3) is 5.05. The molecule has 0 aliphatic carbocycles. The monoisotopic (exact) mass is 373 g/mol. The highest BCUT2D eigenvalue weighted by Gasteiger charge is 2.29. The van der Waals surface area contributed by atoms with Gasteiger partial charge >= 0.3 is 6.03 Å². The number of nitrogens with one attached hydrogen (secondary N) is 2. The van der Waals surface area contributed by atoms with E-state index in [-0.39, 0.29) is 18.0 Å². The van der Waals surface area contributed by atoms with Crippen LogP contribution in [0.15, 0.2) is 52.0 Å². The van der Waals surface area contributed by atoms with Crippen LogP contribution in [0, 0.1) is 0 Å². The minimum absolute atomic E-state index is 0.107. The molecule has 1 saturated heterocycles. The molecule has 0 unspecified atom stereocenters. The molecule has 3 rings (SSSR count). The summed E-state index contributed by atoms with van der Waals surface area (Å²) in [4.78, 5) is 26.9. The van der Waals surface area contributed by atoms with Gasteiger partial charge < -0.3 is 20.0 Å². The Balaban J connectivity index is 1.45. The first-order valence-corrected chi connectivity index (χ1v) is 9.73. The topological polar surface area (TPSA) is 74.6 Å². The van der Waals surface area contributed by atoms with Crippen LogP contribution in [0.2, 0.25) is 0 Å². The molecule has 7 heteroatoms. The second kappa shape index (κ2) is 8.80. The lowest BCUT2D eigenvalue weighted by Crippen LogP contribution is -2.39. The molecule has 1 aliphatic heterocycles. The molecule has 3 amide bonds. The lowest BCUT2D eigenvalue weighted by atomic mass is 10.2. The average molecular weight is 373 g/mol. The van der Waals surface area contributed by atoms with Gasteiger partial charge in [-0.05, 0) is 42.8 Å². The van der Waals surface area contributed by atoms with Gasteiger partial charge in [0.15, 0.2) is 0 Å². The number of anilines is 1. The van der Waals surface area contributed by atoms with Crippen molar-refractivity contribution in [2.75, 3.05) is 18.4 Å². The third-order valence-electron chi connectivity index (χ3n) is 4.12. The highest BCUT2D eigenvalue weighted by atomic mass is 32.2. The van der Waals surface area contributed by atoms with Crippen LogP contribution in [0.3, 0.4) is 0 Å². The molecule has 0 bridgehead atoms. The van der Waals surface area contributed by atoms with Crippen molar-refractivity contribution in [1.29, 1.82) is 0 Å². The molecule has 1 fully saturated rings. The summed E-state index contributed by atoms with van der Waals surface area (Å²) in [6, 6.07) is 11.1. The van der Waals surface area contributed by atoms with Gasteiger partial charge in [-0.1, -0.05) is 6.92 Å². The van der Waals surface area contributed by atoms with E-state index in [0.717, 1.165) is 35.1 Å². The zero-order valence-corrected chi connectivity index (χ0v) is 15.6. The summed E-state index contributed by atoms with van der Waals surface area (Å²) in [5.74, 6) is 1.81. The van der Waals surface area contributed by atoms with E-state index in [1.807, 2.05) is 43.3 Å². The van der Waals surface area contributed by atoms with Gasteiger partial charge in [0.25, 0.3) is 0 Å². The summed E-state index contributed by atoms with van der Waals surface area (Å²) in [7, 11) is 0. The lowest BCUT2D eigenvalue weighted by molar-refractivity contribution is -0.127. The van der Waals surface area contributed by atoms with E-state index < -0.39 is 0 Å². The smallest absolute Gasteiger partial charge is 0.319 e. The van der Waals surface area contributed by atoms with E-state index in [2.05, 4.69) is 10.6 Å². The number of urea groups is 1.